The van der Waals surface area contributed by atoms with Crippen molar-refractivity contribution in [3.05, 3.63) is 12.5 Å². The van der Waals surface area contributed by atoms with Gasteiger partial charge in [0.15, 0.2) is 0 Å². The summed E-state index contributed by atoms with van der Waals surface area (Å²) in [5, 5.41) is 25.4. The Bertz CT molecular complexity index is 258. The molecule has 0 saturated heterocycles. The van der Waals surface area contributed by atoms with Gasteiger partial charge in [-0.1, -0.05) is 0 Å². The zero-order valence-electron chi connectivity index (χ0n) is 9.46. The van der Waals surface area contributed by atoms with Gasteiger partial charge < -0.3 is 20.0 Å². The Kier molecular flexibility index (Phi) is 7.53. The van der Waals surface area contributed by atoms with Crippen molar-refractivity contribution in [3.63, 3.8) is 0 Å². The van der Waals surface area contributed by atoms with Crippen LogP contribution in [-0.4, -0.2) is 45.4 Å². The number of nitrogens with zero attached hydrogens (tertiary/aromatic N) is 1. The lowest BCUT2D eigenvalue weighted by Gasteiger charge is -2.23. The molecule has 0 saturated carbocycles. The van der Waals surface area contributed by atoms with Gasteiger partial charge in [-0.3, -0.25) is 9.59 Å². The van der Waals surface area contributed by atoms with Gasteiger partial charge in [-0.05, 0) is 19.4 Å². The Morgan fingerprint density at radius 2 is 1.47 bits per heavy atom. The quantitative estimate of drug-likeness (QED) is 0.300. The highest BCUT2D eigenvalue weighted by molar-refractivity contribution is 5.66. The molecule has 0 unspecified atom stereocenters. The first-order valence-electron chi connectivity index (χ1n) is 5.16. The second kappa shape index (κ2) is 8.40. The molecule has 0 aliphatic heterocycles. The van der Waals surface area contributed by atoms with Gasteiger partial charge in [0.05, 0.1) is 0 Å². The summed E-state index contributed by atoms with van der Waals surface area (Å²) in [5.41, 5.74) is 0. The van der Waals surface area contributed by atoms with Crippen LogP contribution in [0.5, 0.6) is 0 Å². The number of rotatable bonds is 10. The molecule has 7 nitrogen and oxygen atoms in total. The van der Waals surface area contributed by atoms with Crippen LogP contribution in [0, 0.1) is 0 Å². The average Bonchev–Trinajstić information content (AvgIpc) is 2.25. The van der Waals surface area contributed by atoms with E-state index < -0.39 is 11.9 Å². The highest BCUT2D eigenvalue weighted by Crippen LogP contribution is 2.07. The predicted octanol–water partition coefficient (Wildman–Crippen LogP) is 0.979. The molecule has 0 rings (SSSR count). The number of hydrogen-bond donors (Lipinski definition) is 3. The zero-order chi connectivity index (χ0) is 13.3. The fourth-order valence-electron chi connectivity index (χ4n) is 1.26. The highest BCUT2D eigenvalue weighted by Gasteiger charge is 2.10. The molecule has 17 heavy (non-hydrogen) atoms. The minimum Gasteiger partial charge on any atom is -0.481 e. The second-order valence-corrected chi connectivity index (χ2v) is 3.47. The van der Waals surface area contributed by atoms with Crippen LogP contribution in [-0.2, 0) is 14.5 Å². The van der Waals surface area contributed by atoms with E-state index in [1.54, 1.807) is 0 Å². The summed E-state index contributed by atoms with van der Waals surface area (Å²) < 4.78 is 0. The van der Waals surface area contributed by atoms with E-state index in [1.807, 2.05) is 0 Å². The summed E-state index contributed by atoms with van der Waals surface area (Å²) in [4.78, 5) is 26.1. The topological polar surface area (TPSA) is 107 Å². The van der Waals surface area contributed by atoms with E-state index in [2.05, 4.69) is 11.5 Å². The molecule has 0 atom stereocenters. The fraction of sp³-hybridized carbons (Fsp3) is 0.600. The van der Waals surface area contributed by atoms with Gasteiger partial charge in [0.2, 0.25) is 5.88 Å². The highest BCUT2D eigenvalue weighted by atomic mass is 17.1. The average molecular weight is 247 g/mol. The van der Waals surface area contributed by atoms with Crippen molar-refractivity contribution >= 4 is 11.9 Å². The van der Waals surface area contributed by atoms with Crippen molar-refractivity contribution in [2.24, 2.45) is 0 Å². The van der Waals surface area contributed by atoms with E-state index in [4.69, 9.17) is 15.5 Å². The molecule has 3 N–H and O–H groups in total. The maximum atomic E-state index is 10.3. The molecule has 0 bridgehead atoms. The predicted molar refractivity (Wildman–Crippen MR) is 58.2 cm³/mol. The Morgan fingerprint density at radius 1 is 1.06 bits per heavy atom. The van der Waals surface area contributed by atoms with E-state index in [0.717, 1.165) is 0 Å². The lowest BCUT2D eigenvalue weighted by Crippen LogP contribution is -2.26. The summed E-state index contributed by atoms with van der Waals surface area (Å²) in [5.74, 6) is -1.84. The minimum absolute atomic E-state index is 0.00581. The molecule has 0 aromatic heterocycles. The first-order valence-corrected chi connectivity index (χ1v) is 5.16. The third kappa shape index (κ3) is 8.09. The molecule has 0 fully saturated rings. The summed E-state index contributed by atoms with van der Waals surface area (Å²) in [6.07, 6.45) is 0.720. The smallest absolute Gasteiger partial charge is 0.303 e. The molecule has 98 valence electrons. The lowest BCUT2D eigenvalue weighted by atomic mass is 10.2. The van der Waals surface area contributed by atoms with Crippen molar-refractivity contribution in [2.75, 3.05) is 13.1 Å². The summed E-state index contributed by atoms with van der Waals surface area (Å²) in [6.45, 7) is 4.11. The second-order valence-electron chi connectivity index (χ2n) is 3.47. The SMILES string of the molecule is C=C(OO)N(CCCC(=O)O)CCCC(=O)O. The molecule has 0 spiro atoms. The van der Waals surface area contributed by atoms with E-state index in [0.29, 0.717) is 25.9 Å². The monoisotopic (exact) mass is 247 g/mol. The maximum absolute atomic E-state index is 10.3. The normalized spacial score (nSPS) is 9.71. The molecular formula is C10H17NO6. The van der Waals surface area contributed by atoms with E-state index >= 15 is 0 Å². The van der Waals surface area contributed by atoms with E-state index in [-0.39, 0.29) is 18.7 Å². The largest absolute Gasteiger partial charge is 0.481 e. The third-order valence-corrected chi connectivity index (χ3v) is 2.10. The third-order valence-electron chi connectivity index (χ3n) is 2.10. The Hall–Kier alpha value is -1.76. The maximum Gasteiger partial charge on any atom is 0.303 e. The van der Waals surface area contributed by atoms with Crippen molar-refractivity contribution in [3.8, 4) is 0 Å². The molecule has 7 heteroatoms. The minimum atomic E-state index is -0.911. The lowest BCUT2D eigenvalue weighted by molar-refractivity contribution is -0.224. The van der Waals surface area contributed by atoms with Gasteiger partial charge in [-0.15, -0.1) is 0 Å². The summed E-state index contributed by atoms with van der Waals surface area (Å²) in [7, 11) is 0. The van der Waals surface area contributed by atoms with Crippen LogP contribution in [0.3, 0.4) is 0 Å². The molecule has 0 amide bonds. The van der Waals surface area contributed by atoms with Crippen molar-refractivity contribution in [1.29, 1.82) is 0 Å². The number of hydrogen-bond acceptors (Lipinski definition) is 5. The van der Waals surface area contributed by atoms with Gasteiger partial charge in [0.25, 0.3) is 0 Å². The molecular weight excluding hydrogens is 230 g/mol. The molecule has 0 aromatic carbocycles. The molecule has 0 radical (unpaired) electrons. The Labute approximate surface area is 98.8 Å². The van der Waals surface area contributed by atoms with Crippen molar-refractivity contribution < 1.29 is 29.9 Å². The molecule has 0 aromatic rings. The number of carbonyl (C=O) groups is 2. The van der Waals surface area contributed by atoms with Crippen LogP contribution in [0.1, 0.15) is 25.7 Å². The van der Waals surface area contributed by atoms with Crippen LogP contribution < -0.4 is 0 Å². The van der Waals surface area contributed by atoms with Crippen LogP contribution in [0.2, 0.25) is 0 Å². The van der Waals surface area contributed by atoms with Crippen molar-refractivity contribution in [1.82, 2.24) is 4.90 Å². The van der Waals surface area contributed by atoms with E-state index in [9.17, 15) is 9.59 Å². The number of carboxylic acid groups (broad SMARTS) is 2. The van der Waals surface area contributed by atoms with Crippen molar-refractivity contribution in [2.45, 2.75) is 25.7 Å². The van der Waals surface area contributed by atoms with E-state index in [1.165, 1.54) is 4.90 Å². The van der Waals surface area contributed by atoms with Gasteiger partial charge in [0, 0.05) is 25.9 Å². The molecule has 0 aliphatic carbocycles. The molecule has 0 aliphatic rings. The Balaban J connectivity index is 4.01. The van der Waals surface area contributed by atoms with Crippen LogP contribution >= 0.6 is 0 Å². The first-order chi connectivity index (χ1) is 7.97. The molecule has 0 heterocycles. The summed E-state index contributed by atoms with van der Waals surface area (Å²) in [6, 6.07) is 0. The van der Waals surface area contributed by atoms with Gasteiger partial charge in [0.1, 0.15) is 0 Å². The standard InChI is InChI=1S/C10H17NO6/c1-8(17-16)11(6-2-4-9(12)13)7-3-5-10(14)15/h16H,1-7H2,(H,12,13)(H,14,15). The summed E-state index contributed by atoms with van der Waals surface area (Å²) >= 11 is 0. The number of carboxylic acids is 2. The fourth-order valence-corrected chi connectivity index (χ4v) is 1.26. The van der Waals surface area contributed by atoms with Gasteiger partial charge in [-0.25, -0.2) is 5.26 Å². The van der Waals surface area contributed by atoms with Crippen LogP contribution in [0.4, 0.5) is 0 Å². The Morgan fingerprint density at radius 3 is 1.76 bits per heavy atom. The number of aliphatic carboxylic acids is 2. The van der Waals surface area contributed by atoms with Crippen LogP contribution in [0.15, 0.2) is 12.5 Å². The van der Waals surface area contributed by atoms with Crippen LogP contribution in [0.25, 0.3) is 0 Å². The first kappa shape index (κ1) is 15.2. The zero-order valence-corrected chi connectivity index (χ0v) is 9.46. The van der Waals surface area contributed by atoms with Gasteiger partial charge in [-0.2, -0.15) is 0 Å². The van der Waals surface area contributed by atoms with Gasteiger partial charge >= 0.3 is 11.9 Å².